The molecule has 0 aromatic heterocycles. The van der Waals surface area contributed by atoms with Crippen molar-refractivity contribution in [2.75, 3.05) is 11.9 Å². The van der Waals surface area contributed by atoms with Crippen LogP contribution in [0, 0.1) is 5.82 Å². The smallest absolute Gasteiger partial charge is 0.326 e. The number of urea groups is 1. The van der Waals surface area contributed by atoms with E-state index in [2.05, 4.69) is 21.2 Å². The summed E-state index contributed by atoms with van der Waals surface area (Å²) in [7, 11) is 0. The second kappa shape index (κ2) is 6.89. The predicted molar refractivity (Wildman–Crippen MR) is 79.7 cm³/mol. The Morgan fingerprint density at radius 2 is 2.10 bits per heavy atom. The van der Waals surface area contributed by atoms with E-state index in [9.17, 15) is 19.1 Å². The summed E-state index contributed by atoms with van der Waals surface area (Å²) in [4.78, 5) is 24.9. The SMILES string of the molecule is O=C(O)C1CCCCCN1C(=O)Nc1c(F)cccc1Br. The molecule has 0 spiro atoms. The van der Waals surface area contributed by atoms with Gasteiger partial charge in [-0.25, -0.2) is 14.0 Å². The van der Waals surface area contributed by atoms with Gasteiger partial charge in [-0.1, -0.05) is 18.9 Å². The number of benzene rings is 1. The normalized spacial score (nSPS) is 19.0. The molecule has 21 heavy (non-hydrogen) atoms. The molecule has 2 rings (SSSR count). The molecule has 1 aromatic rings. The fourth-order valence-electron chi connectivity index (χ4n) is 2.40. The molecule has 1 aliphatic rings. The van der Waals surface area contributed by atoms with E-state index in [1.54, 1.807) is 6.07 Å². The van der Waals surface area contributed by atoms with Crippen molar-refractivity contribution in [1.29, 1.82) is 0 Å². The first-order chi connectivity index (χ1) is 10.0. The lowest BCUT2D eigenvalue weighted by molar-refractivity contribution is -0.142. The summed E-state index contributed by atoms with van der Waals surface area (Å²) in [6.45, 7) is 0.356. The highest BCUT2D eigenvalue weighted by atomic mass is 79.9. The molecule has 2 N–H and O–H groups in total. The number of hydrogen-bond donors (Lipinski definition) is 2. The number of carbonyl (C=O) groups is 2. The van der Waals surface area contributed by atoms with Crippen LogP contribution in [-0.4, -0.2) is 34.6 Å². The number of rotatable bonds is 2. The lowest BCUT2D eigenvalue weighted by atomic mass is 10.1. The third kappa shape index (κ3) is 3.72. The lowest BCUT2D eigenvalue weighted by Crippen LogP contribution is -2.46. The Morgan fingerprint density at radius 3 is 2.76 bits per heavy atom. The predicted octanol–water partition coefficient (Wildman–Crippen LogP) is 3.45. The number of aliphatic carboxylic acids is 1. The molecule has 1 aromatic carbocycles. The zero-order valence-corrected chi connectivity index (χ0v) is 12.9. The molecule has 0 saturated carbocycles. The van der Waals surface area contributed by atoms with Crippen molar-refractivity contribution in [3.8, 4) is 0 Å². The number of nitrogens with zero attached hydrogens (tertiary/aromatic N) is 1. The number of likely N-dealkylation sites (tertiary alicyclic amines) is 1. The molecule has 1 atom stereocenters. The largest absolute Gasteiger partial charge is 0.480 e. The van der Waals surface area contributed by atoms with Crippen LogP contribution in [-0.2, 0) is 4.79 Å². The van der Waals surface area contributed by atoms with E-state index in [1.807, 2.05) is 0 Å². The van der Waals surface area contributed by atoms with Gasteiger partial charge in [0.2, 0.25) is 0 Å². The first-order valence-electron chi connectivity index (χ1n) is 6.75. The first-order valence-corrected chi connectivity index (χ1v) is 7.54. The van der Waals surface area contributed by atoms with Crippen molar-refractivity contribution in [3.63, 3.8) is 0 Å². The number of amides is 2. The minimum atomic E-state index is -1.03. The summed E-state index contributed by atoms with van der Waals surface area (Å²) < 4.78 is 14.1. The van der Waals surface area contributed by atoms with E-state index in [0.29, 0.717) is 17.4 Å². The summed E-state index contributed by atoms with van der Waals surface area (Å²) in [5.74, 6) is -1.60. The van der Waals surface area contributed by atoms with E-state index in [4.69, 9.17) is 0 Å². The number of hydrogen-bond acceptors (Lipinski definition) is 2. The number of carboxylic acids is 1. The van der Waals surface area contributed by atoms with Gasteiger partial charge < -0.3 is 15.3 Å². The average Bonchev–Trinajstić information content (AvgIpc) is 2.68. The van der Waals surface area contributed by atoms with Crippen LogP contribution in [0.15, 0.2) is 22.7 Å². The van der Waals surface area contributed by atoms with Crippen molar-refractivity contribution >= 4 is 33.6 Å². The number of anilines is 1. The fraction of sp³-hybridized carbons (Fsp3) is 0.429. The van der Waals surface area contributed by atoms with Crippen LogP contribution in [0.5, 0.6) is 0 Å². The van der Waals surface area contributed by atoms with Gasteiger partial charge in [0, 0.05) is 11.0 Å². The Morgan fingerprint density at radius 1 is 1.33 bits per heavy atom. The molecule has 5 nitrogen and oxygen atoms in total. The van der Waals surface area contributed by atoms with E-state index in [0.717, 1.165) is 19.3 Å². The highest BCUT2D eigenvalue weighted by Crippen LogP contribution is 2.26. The van der Waals surface area contributed by atoms with Crippen LogP contribution in [0.25, 0.3) is 0 Å². The maximum atomic E-state index is 13.7. The van der Waals surface area contributed by atoms with Crippen molar-refractivity contribution in [2.24, 2.45) is 0 Å². The van der Waals surface area contributed by atoms with Gasteiger partial charge in [0.25, 0.3) is 0 Å². The zero-order chi connectivity index (χ0) is 15.4. The van der Waals surface area contributed by atoms with E-state index >= 15 is 0 Å². The summed E-state index contributed by atoms with van der Waals surface area (Å²) >= 11 is 3.17. The van der Waals surface area contributed by atoms with Gasteiger partial charge in [0.05, 0.1) is 5.69 Å². The topological polar surface area (TPSA) is 69.6 Å². The summed E-state index contributed by atoms with van der Waals surface area (Å²) in [5.41, 5.74) is 0.0240. The maximum Gasteiger partial charge on any atom is 0.326 e. The molecule has 1 saturated heterocycles. The van der Waals surface area contributed by atoms with Crippen molar-refractivity contribution in [3.05, 3.63) is 28.5 Å². The van der Waals surface area contributed by atoms with Crippen LogP contribution >= 0.6 is 15.9 Å². The van der Waals surface area contributed by atoms with E-state index in [1.165, 1.54) is 17.0 Å². The number of halogens is 2. The van der Waals surface area contributed by atoms with Crippen molar-refractivity contribution in [1.82, 2.24) is 4.90 Å². The fourth-order valence-corrected chi connectivity index (χ4v) is 2.85. The Balaban J connectivity index is 2.19. The lowest BCUT2D eigenvalue weighted by Gasteiger charge is -2.27. The standard InChI is InChI=1S/C14H16BrFN2O3/c15-9-5-4-6-10(16)12(9)17-14(21)18-8-3-1-2-7-11(18)13(19)20/h4-6,11H,1-3,7-8H2,(H,17,21)(H,19,20). The molecule has 114 valence electrons. The highest BCUT2D eigenvalue weighted by Gasteiger charge is 2.31. The maximum absolute atomic E-state index is 13.7. The van der Waals surface area contributed by atoms with Crippen molar-refractivity contribution in [2.45, 2.75) is 31.7 Å². The number of nitrogens with one attached hydrogen (secondary N) is 1. The van der Waals surface area contributed by atoms with Crippen LogP contribution in [0.1, 0.15) is 25.7 Å². The summed E-state index contributed by atoms with van der Waals surface area (Å²) in [5, 5.41) is 11.7. The van der Waals surface area contributed by atoms with Gasteiger partial charge in [-0.05, 0) is 40.9 Å². The van der Waals surface area contributed by atoms with Gasteiger partial charge in [-0.3, -0.25) is 0 Å². The minimum absolute atomic E-state index is 0.0240. The second-order valence-electron chi connectivity index (χ2n) is 4.92. The Labute approximate surface area is 130 Å². The van der Waals surface area contributed by atoms with Gasteiger partial charge in [0.1, 0.15) is 11.9 Å². The Kier molecular flexibility index (Phi) is 5.17. The minimum Gasteiger partial charge on any atom is -0.480 e. The average molecular weight is 359 g/mol. The third-order valence-corrected chi connectivity index (χ3v) is 4.15. The molecule has 0 radical (unpaired) electrons. The number of carboxylic acid groups (broad SMARTS) is 1. The molecule has 1 aliphatic heterocycles. The molecule has 2 amide bonds. The highest BCUT2D eigenvalue weighted by molar-refractivity contribution is 9.10. The molecular weight excluding hydrogens is 343 g/mol. The first kappa shape index (κ1) is 15.8. The molecule has 1 fully saturated rings. The van der Waals surface area contributed by atoms with Crippen LogP contribution in [0.4, 0.5) is 14.9 Å². The van der Waals surface area contributed by atoms with Crippen LogP contribution < -0.4 is 5.32 Å². The number of carbonyl (C=O) groups excluding carboxylic acids is 1. The van der Waals surface area contributed by atoms with Gasteiger partial charge in [-0.15, -0.1) is 0 Å². The second-order valence-corrected chi connectivity index (χ2v) is 5.78. The zero-order valence-electron chi connectivity index (χ0n) is 11.3. The van der Waals surface area contributed by atoms with Crippen molar-refractivity contribution < 1.29 is 19.1 Å². The Hall–Kier alpha value is -1.63. The van der Waals surface area contributed by atoms with Crippen LogP contribution in [0.3, 0.4) is 0 Å². The monoisotopic (exact) mass is 358 g/mol. The van der Waals surface area contributed by atoms with E-state index in [-0.39, 0.29) is 5.69 Å². The Bertz CT molecular complexity index is 533. The van der Waals surface area contributed by atoms with Gasteiger partial charge >= 0.3 is 12.0 Å². The number of para-hydroxylation sites is 1. The summed E-state index contributed by atoms with van der Waals surface area (Å²) in [6.07, 6.45) is 2.82. The summed E-state index contributed by atoms with van der Waals surface area (Å²) in [6, 6.07) is 2.90. The van der Waals surface area contributed by atoms with E-state index < -0.39 is 23.9 Å². The molecule has 1 unspecified atom stereocenters. The third-order valence-electron chi connectivity index (χ3n) is 3.49. The molecule has 0 bridgehead atoms. The van der Waals surface area contributed by atoms with Gasteiger partial charge in [-0.2, -0.15) is 0 Å². The van der Waals surface area contributed by atoms with Crippen LogP contribution in [0.2, 0.25) is 0 Å². The molecule has 7 heteroatoms. The quantitative estimate of drug-likeness (QED) is 0.850. The van der Waals surface area contributed by atoms with Gasteiger partial charge in [0.15, 0.2) is 0 Å². The molecule has 0 aliphatic carbocycles. The molecular formula is C14H16BrFN2O3. The molecule has 1 heterocycles.